The Morgan fingerprint density at radius 1 is 1.03 bits per heavy atom. The number of hydrogen-bond acceptors (Lipinski definition) is 6. The molecule has 0 spiro atoms. The summed E-state index contributed by atoms with van der Waals surface area (Å²) in [5.41, 5.74) is 7.31. The molecule has 1 atom stereocenters. The van der Waals surface area contributed by atoms with Crippen molar-refractivity contribution >= 4 is 23.3 Å². The number of nitrogens with two attached hydrogens (primary N) is 1. The Balaban J connectivity index is 1.53. The molecule has 0 aliphatic carbocycles. The number of fused-ring (bicyclic) bond motifs is 1. The number of furan rings is 1. The van der Waals surface area contributed by atoms with Gasteiger partial charge in [-0.05, 0) is 28.8 Å². The molecule has 10 heteroatoms. The van der Waals surface area contributed by atoms with Crippen molar-refractivity contribution in [2.24, 2.45) is 0 Å². The first-order valence-corrected chi connectivity index (χ1v) is 11.7. The van der Waals surface area contributed by atoms with Crippen molar-refractivity contribution in [2.75, 3.05) is 17.7 Å². The van der Waals surface area contributed by atoms with Gasteiger partial charge in [0.05, 0.1) is 12.8 Å². The Kier molecular flexibility index (Phi) is 6.22. The van der Waals surface area contributed by atoms with E-state index in [1.54, 1.807) is 6.07 Å². The fraction of sp³-hybridized carbons (Fsp3) is 0.185. The number of anilines is 2. The Hall–Kier alpha value is -4.86. The van der Waals surface area contributed by atoms with E-state index in [0.717, 1.165) is 21.6 Å². The van der Waals surface area contributed by atoms with E-state index in [0.29, 0.717) is 0 Å². The van der Waals surface area contributed by atoms with Crippen LogP contribution in [0, 0.1) is 0 Å². The first-order chi connectivity index (χ1) is 17.8. The second-order valence-corrected chi connectivity index (χ2v) is 8.86. The summed E-state index contributed by atoms with van der Waals surface area (Å²) < 4.78 is 6.51. The largest absolute Gasteiger partial charge is 0.459 e. The van der Waals surface area contributed by atoms with E-state index in [2.05, 4.69) is 4.98 Å². The van der Waals surface area contributed by atoms with Crippen molar-refractivity contribution in [3.8, 4) is 0 Å². The molecule has 1 aliphatic heterocycles. The monoisotopic (exact) mass is 499 g/mol. The summed E-state index contributed by atoms with van der Waals surface area (Å²) >= 11 is 0. The van der Waals surface area contributed by atoms with Crippen molar-refractivity contribution in [3.05, 3.63) is 116 Å². The van der Waals surface area contributed by atoms with Gasteiger partial charge in [0.1, 0.15) is 11.9 Å². The lowest BCUT2D eigenvalue weighted by Crippen LogP contribution is -2.54. The van der Waals surface area contributed by atoms with Crippen LogP contribution in [0.2, 0.25) is 0 Å². The zero-order chi connectivity index (χ0) is 26.1. The van der Waals surface area contributed by atoms with Gasteiger partial charge in [-0.15, -0.1) is 0 Å². The lowest BCUT2D eigenvalue weighted by atomic mass is 9.93. The van der Waals surface area contributed by atoms with Gasteiger partial charge in [-0.1, -0.05) is 54.6 Å². The third kappa shape index (κ3) is 4.44. The molecule has 0 unspecified atom stereocenters. The first kappa shape index (κ1) is 23.9. The summed E-state index contributed by atoms with van der Waals surface area (Å²) in [6, 6.07) is 18.9. The summed E-state index contributed by atoms with van der Waals surface area (Å²) in [6.07, 6.45) is 1.64. The van der Waals surface area contributed by atoms with Crippen LogP contribution >= 0.6 is 0 Å². The van der Waals surface area contributed by atoms with Gasteiger partial charge in [0.2, 0.25) is 5.91 Å². The van der Waals surface area contributed by atoms with Gasteiger partial charge in [-0.25, -0.2) is 4.79 Å². The highest BCUT2D eigenvalue weighted by molar-refractivity contribution is 6.02. The SMILES string of the molecule is CN(C(=O)[C@H]1Cc2ccccc2CN1C(=O)c1ccco1)c1c(N)n(Cc2ccccc2)c(=O)[nH]c1=O. The fourth-order valence-electron chi connectivity index (χ4n) is 4.66. The van der Waals surface area contributed by atoms with E-state index in [1.807, 2.05) is 54.6 Å². The molecule has 5 rings (SSSR count). The summed E-state index contributed by atoms with van der Waals surface area (Å²) in [4.78, 5) is 57.4. The minimum atomic E-state index is -0.925. The lowest BCUT2D eigenvalue weighted by Gasteiger charge is -2.37. The smallest absolute Gasteiger partial charge is 0.330 e. The van der Waals surface area contributed by atoms with Gasteiger partial charge in [0.15, 0.2) is 11.4 Å². The molecule has 2 aromatic heterocycles. The second kappa shape index (κ2) is 9.65. The number of likely N-dealkylation sites (N-methyl/N-ethyl adjacent to an activating group) is 1. The first-order valence-electron chi connectivity index (χ1n) is 11.7. The third-order valence-electron chi connectivity index (χ3n) is 6.59. The van der Waals surface area contributed by atoms with Crippen molar-refractivity contribution in [2.45, 2.75) is 25.6 Å². The molecule has 10 nitrogen and oxygen atoms in total. The van der Waals surface area contributed by atoms with Crippen LogP contribution in [0.15, 0.2) is 87.0 Å². The normalized spacial score (nSPS) is 14.7. The molecule has 0 saturated heterocycles. The van der Waals surface area contributed by atoms with Crippen LogP contribution in [-0.2, 0) is 24.3 Å². The highest BCUT2D eigenvalue weighted by Gasteiger charge is 2.38. The van der Waals surface area contributed by atoms with Crippen LogP contribution in [-0.4, -0.2) is 39.4 Å². The number of hydrogen-bond donors (Lipinski definition) is 2. The molecule has 1 aliphatic rings. The number of H-pyrrole nitrogens is 1. The van der Waals surface area contributed by atoms with Crippen molar-refractivity contribution in [1.82, 2.24) is 14.5 Å². The molecule has 4 aromatic rings. The van der Waals surface area contributed by atoms with Crippen LogP contribution < -0.4 is 21.9 Å². The number of aromatic nitrogens is 2. The van der Waals surface area contributed by atoms with Gasteiger partial charge in [-0.2, -0.15) is 0 Å². The molecule has 3 N–H and O–H groups in total. The van der Waals surface area contributed by atoms with E-state index < -0.39 is 29.1 Å². The fourth-order valence-corrected chi connectivity index (χ4v) is 4.66. The maximum Gasteiger partial charge on any atom is 0.330 e. The van der Waals surface area contributed by atoms with Gasteiger partial charge < -0.3 is 20.0 Å². The van der Waals surface area contributed by atoms with Crippen LogP contribution in [0.4, 0.5) is 11.5 Å². The maximum atomic E-state index is 13.9. The molecule has 188 valence electrons. The average molecular weight is 500 g/mol. The molecule has 2 amide bonds. The number of carbonyl (C=O) groups excluding carboxylic acids is 2. The predicted molar refractivity (Wildman–Crippen MR) is 137 cm³/mol. The van der Waals surface area contributed by atoms with E-state index in [-0.39, 0.29) is 36.8 Å². The highest BCUT2D eigenvalue weighted by Crippen LogP contribution is 2.28. The Labute approximate surface area is 211 Å². The second-order valence-electron chi connectivity index (χ2n) is 8.86. The minimum absolute atomic E-state index is 0.105. The molecule has 0 saturated carbocycles. The van der Waals surface area contributed by atoms with Crippen LogP contribution in [0.25, 0.3) is 0 Å². The zero-order valence-electron chi connectivity index (χ0n) is 20.1. The average Bonchev–Trinajstić information content (AvgIpc) is 3.45. The summed E-state index contributed by atoms with van der Waals surface area (Å²) in [7, 11) is 1.41. The summed E-state index contributed by atoms with van der Waals surface area (Å²) in [6.45, 7) is 0.302. The van der Waals surface area contributed by atoms with Gasteiger partial charge in [-0.3, -0.25) is 23.9 Å². The van der Waals surface area contributed by atoms with E-state index in [4.69, 9.17) is 10.2 Å². The van der Waals surface area contributed by atoms with Crippen LogP contribution in [0.5, 0.6) is 0 Å². The number of nitrogen functional groups attached to an aromatic ring is 1. The van der Waals surface area contributed by atoms with Crippen LogP contribution in [0.3, 0.4) is 0 Å². The van der Waals surface area contributed by atoms with Crippen molar-refractivity contribution in [1.29, 1.82) is 0 Å². The number of nitrogens with one attached hydrogen (secondary N) is 1. The summed E-state index contributed by atoms with van der Waals surface area (Å²) in [5, 5.41) is 0. The number of benzene rings is 2. The maximum absolute atomic E-state index is 13.9. The predicted octanol–water partition coefficient (Wildman–Crippen LogP) is 1.99. The molecule has 2 aromatic carbocycles. The molecule has 0 radical (unpaired) electrons. The molecule has 0 fully saturated rings. The molecular weight excluding hydrogens is 474 g/mol. The number of rotatable bonds is 5. The molecule has 0 bridgehead atoms. The standard InChI is InChI=1S/C27H25N5O5/c1-30(22-23(28)32(27(36)29-24(22)33)15-17-8-3-2-4-9-17)25(34)20-14-18-10-5-6-11-19(18)16-31(20)26(35)21-12-7-13-37-21/h2-13,20H,14-16,28H2,1H3,(H,29,33,36)/t20-/m1/s1. The van der Waals surface area contributed by atoms with Crippen LogP contribution in [0.1, 0.15) is 27.2 Å². The van der Waals surface area contributed by atoms with Crippen molar-refractivity contribution in [3.63, 3.8) is 0 Å². The van der Waals surface area contributed by atoms with E-state index in [1.165, 1.54) is 28.8 Å². The van der Waals surface area contributed by atoms with E-state index >= 15 is 0 Å². The lowest BCUT2D eigenvalue weighted by molar-refractivity contribution is -0.123. The number of nitrogens with zero attached hydrogens (tertiary/aromatic N) is 3. The van der Waals surface area contributed by atoms with Gasteiger partial charge in [0, 0.05) is 20.0 Å². The molecule has 3 heterocycles. The minimum Gasteiger partial charge on any atom is -0.459 e. The number of amides is 2. The highest BCUT2D eigenvalue weighted by atomic mass is 16.3. The van der Waals surface area contributed by atoms with Crippen molar-refractivity contribution < 1.29 is 14.0 Å². The zero-order valence-corrected chi connectivity index (χ0v) is 20.1. The third-order valence-corrected chi connectivity index (χ3v) is 6.59. The molecular formula is C27H25N5O5. The number of carbonyl (C=O) groups is 2. The Morgan fingerprint density at radius 2 is 1.73 bits per heavy atom. The number of aromatic amines is 1. The van der Waals surface area contributed by atoms with Gasteiger partial charge >= 0.3 is 5.69 Å². The topological polar surface area (TPSA) is 135 Å². The quantitative estimate of drug-likeness (QED) is 0.431. The molecule has 37 heavy (non-hydrogen) atoms. The summed E-state index contributed by atoms with van der Waals surface area (Å²) in [5.74, 6) is -0.999. The Bertz CT molecular complexity index is 1570. The van der Waals surface area contributed by atoms with Gasteiger partial charge in [0.25, 0.3) is 11.5 Å². The Morgan fingerprint density at radius 3 is 2.43 bits per heavy atom. The van der Waals surface area contributed by atoms with E-state index in [9.17, 15) is 19.2 Å².